The Kier molecular flexibility index (Phi) is 7.15. The summed E-state index contributed by atoms with van der Waals surface area (Å²) in [6.45, 7) is 10.1. The summed E-state index contributed by atoms with van der Waals surface area (Å²) in [5.74, 6) is 0.831. The van der Waals surface area contributed by atoms with E-state index in [9.17, 15) is 0 Å². The summed E-state index contributed by atoms with van der Waals surface area (Å²) in [6.07, 6.45) is 7.65. The summed E-state index contributed by atoms with van der Waals surface area (Å²) in [7, 11) is 6.36. The second kappa shape index (κ2) is 7.94. The minimum Gasteiger partial charge on any atom is -0.379 e. The van der Waals surface area contributed by atoms with E-state index in [4.69, 9.17) is 4.74 Å². The highest BCUT2D eigenvalue weighted by Crippen LogP contribution is 2.40. The maximum absolute atomic E-state index is 5.63. The van der Waals surface area contributed by atoms with Gasteiger partial charge >= 0.3 is 0 Å². The van der Waals surface area contributed by atoms with E-state index in [1.165, 1.54) is 32.1 Å². The third kappa shape index (κ3) is 4.94. The SMILES string of the molecule is CCNC(CCC(C)(C)OC)C1(N(C)C)CCCC(C)C1. The summed E-state index contributed by atoms with van der Waals surface area (Å²) in [5, 5.41) is 3.79. The van der Waals surface area contributed by atoms with Crippen LogP contribution >= 0.6 is 0 Å². The van der Waals surface area contributed by atoms with E-state index in [1.807, 2.05) is 7.11 Å². The number of methoxy groups -OCH3 is 1. The number of hydrogen-bond donors (Lipinski definition) is 1. The van der Waals surface area contributed by atoms with Crippen molar-refractivity contribution in [3.63, 3.8) is 0 Å². The largest absolute Gasteiger partial charge is 0.379 e. The van der Waals surface area contributed by atoms with Crippen LogP contribution in [-0.4, -0.2) is 49.8 Å². The van der Waals surface area contributed by atoms with E-state index in [1.54, 1.807) is 0 Å². The lowest BCUT2D eigenvalue weighted by atomic mass is 9.69. The summed E-state index contributed by atoms with van der Waals surface area (Å²) in [5.41, 5.74) is 0.277. The third-order valence-electron chi connectivity index (χ3n) is 5.59. The Balaban J connectivity index is 2.87. The van der Waals surface area contributed by atoms with Crippen LogP contribution in [0.3, 0.4) is 0 Å². The molecule has 0 aromatic rings. The van der Waals surface area contributed by atoms with Crippen molar-refractivity contribution in [3.05, 3.63) is 0 Å². The number of ether oxygens (including phenoxy) is 1. The molecular formula is C18H38N2O. The Morgan fingerprint density at radius 2 is 2.05 bits per heavy atom. The molecule has 126 valence electrons. The molecule has 1 aliphatic rings. The predicted molar refractivity (Wildman–Crippen MR) is 91.8 cm³/mol. The van der Waals surface area contributed by atoms with E-state index in [0.29, 0.717) is 11.6 Å². The highest BCUT2D eigenvalue weighted by Gasteiger charge is 2.43. The van der Waals surface area contributed by atoms with Crippen molar-refractivity contribution in [2.24, 2.45) is 5.92 Å². The molecule has 21 heavy (non-hydrogen) atoms. The van der Waals surface area contributed by atoms with Crippen LogP contribution in [0.1, 0.15) is 66.2 Å². The average molecular weight is 299 g/mol. The fraction of sp³-hybridized carbons (Fsp3) is 1.00. The highest BCUT2D eigenvalue weighted by atomic mass is 16.5. The van der Waals surface area contributed by atoms with Crippen LogP contribution in [0.25, 0.3) is 0 Å². The maximum atomic E-state index is 5.63. The van der Waals surface area contributed by atoms with Gasteiger partial charge in [-0.25, -0.2) is 0 Å². The first-order chi connectivity index (χ1) is 9.77. The molecular weight excluding hydrogens is 260 g/mol. The molecule has 0 aliphatic heterocycles. The van der Waals surface area contributed by atoms with Gasteiger partial charge in [0, 0.05) is 18.7 Å². The molecule has 0 aromatic carbocycles. The molecule has 0 saturated heterocycles. The molecule has 0 heterocycles. The van der Waals surface area contributed by atoms with Gasteiger partial charge in [0.2, 0.25) is 0 Å². The standard InChI is InChI=1S/C18H38N2O/c1-8-19-16(11-13-17(3,4)21-7)18(20(5)6)12-9-10-15(2)14-18/h15-16,19H,8-14H2,1-7H3. The Labute approximate surface area is 132 Å². The van der Waals surface area contributed by atoms with Gasteiger partial charge in [-0.15, -0.1) is 0 Å². The molecule has 0 spiro atoms. The molecule has 0 aromatic heterocycles. The quantitative estimate of drug-likeness (QED) is 0.740. The predicted octanol–water partition coefficient (Wildman–Crippen LogP) is 3.68. The van der Waals surface area contributed by atoms with Crippen LogP contribution in [0, 0.1) is 5.92 Å². The molecule has 3 heteroatoms. The maximum Gasteiger partial charge on any atom is 0.0623 e. The van der Waals surface area contributed by atoms with Gasteiger partial charge in [-0.3, -0.25) is 0 Å². The molecule has 3 unspecified atom stereocenters. The molecule has 1 saturated carbocycles. The average Bonchev–Trinajstić information content (AvgIpc) is 2.43. The number of nitrogens with zero attached hydrogens (tertiary/aromatic N) is 1. The Hall–Kier alpha value is -0.120. The van der Waals surface area contributed by atoms with Crippen molar-refractivity contribution in [1.29, 1.82) is 0 Å². The van der Waals surface area contributed by atoms with Crippen LogP contribution in [0.5, 0.6) is 0 Å². The van der Waals surface area contributed by atoms with Gasteiger partial charge in [0.05, 0.1) is 5.60 Å². The minimum absolute atomic E-state index is 0.0263. The van der Waals surface area contributed by atoms with E-state index < -0.39 is 0 Å². The zero-order valence-corrected chi connectivity index (χ0v) is 15.5. The third-order valence-corrected chi connectivity index (χ3v) is 5.59. The van der Waals surface area contributed by atoms with E-state index in [2.05, 4.69) is 52.0 Å². The number of rotatable bonds is 8. The van der Waals surface area contributed by atoms with Crippen LogP contribution in [-0.2, 0) is 4.74 Å². The first-order valence-corrected chi connectivity index (χ1v) is 8.73. The zero-order chi connectivity index (χ0) is 16.1. The number of nitrogens with one attached hydrogen (secondary N) is 1. The molecule has 1 rings (SSSR count). The minimum atomic E-state index is -0.0263. The van der Waals surface area contributed by atoms with Crippen molar-refractivity contribution in [2.75, 3.05) is 27.7 Å². The van der Waals surface area contributed by atoms with Crippen molar-refractivity contribution >= 4 is 0 Å². The summed E-state index contributed by atoms with van der Waals surface area (Å²) < 4.78 is 5.63. The normalized spacial score (nSPS) is 28.9. The molecule has 3 atom stereocenters. The van der Waals surface area contributed by atoms with Gasteiger partial charge < -0.3 is 15.0 Å². The van der Waals surface area contributed by atoms with E-state index >= 15 is 0 Å². The Morgan fingerprint density at radius 1 is 1.38 bits per heavy atom. The topological polar surface area (TPSA) is 24.5 Å². The molecule has 0 bridgehead atoms. The van der Waals surface area contributed by atoms with Crippen molar-refractivity contribution in [3.8, 4) is 0 Å². The molecule has 1 aliphatic carbocycles. The Morgan fingerprint density at radius 3 is 2.52 bits per heavy atom. The van der Waals surface area contributed by atoms with Gasteiger partial charge in [0.25, 0.3) is 0 Å². The lowest BCUT2D eigenvalue weighted by Crippen LogP contribution is -2.61. The van der Waals surface area contributed by atoms with Gasteiger partial charge in [0.1, 0.15) is 0 Å². The fourth-order valence-electron chi connectivity index (χ4n) is 4.00. The van der Waals surface area contributed by atoms with Gasteiger partial charge in [-0.1, -0.05) is 26.7 Å². The van der Waals surface area contributed by atoms with Crippen LogP contribution < -0.4 is 5.32 Å². The van der Waals surface area contributed by atoms with E-state index in [-0.39, 0.29) is 5.60 Å². The lowest BCUT2D eigenvalue weighted by Gasteiger charge is -2.51. The first kappa shape index (κ1) is 18.9. The zero-order valence-electron chi connectivity index (χ0n) is 15.5. The second-order valence-electron chi connectivity index (χ2n) is 7.81. The smallest absolute Gasteiger partial charge is 0.0623 e. The summed E-state index contributed by atoms with van der Waals surface area (Å²) in [4.78, 5) is 2.50. The monoisotopic (exact) mass is 298 g/mol. The van der Waals surface area contributed by atoms with Crippen LogP contribution in [0.15, 0.2) is 0 Å². The molecule has 0 amide bonds. The van der Waals surface area contributed by atoms with E-state index in [0.717, 1.165) is 18.9 Å². The van der Waals surface area contributed by atoms with Gasteiger partial charge in [-0.2, -0.15) is 0 Å². The fourth-order valence-corrected chi connectivity index (χ4v) is 4.00. The molecule has 1 N–H and O–H groups in total. The summed E-state index contributed by atoms with van der Waals surface area (Å²) in [6, 6.07) is 0.551. The lowest BCUT2D eigenvalue weighted by molar-refractivity contribution is -0.00611. The van der Waals surface area contributed by atoms with Crippen LogP contribution in [0.4, 0.5) is 0 Å². The Bertz CT molecular complexity index is 304. The molecule has 0 radical (unpaired) electrons. The van der Waals surface area contributed by atoms with Crippen LogP contribution in [0.2, 0.25) is 0 Å². The van der Waals surface area contributed by atoms with Crippen molar-refractivity contribution < 1.29 is 4.74 Å². The molecule has 1 fully saturated rings. The molecule has 3 nitrogen and oxygen atoms in total. The van der Waals surface area contributed by atoms with Crippen molar-refractivity contribution in [1.82, 2.24) is 10.2 Å². The van der Waals surface area contributed by atoms with Gasteiger partial charge in [-0.05, 0) is 66.1 Å². The van der Waals surface area contributed by atoms with Crippen molar-refractivity contribution in [2.45, 2.75) is 83.4 Å². The highest BCUT2D eigenvalue weighted by molar-refractivity contribution is 5.02. The first-order valence-electron chi connectivity index (χ1n) is 8.73. The number of hydrogen-bond acceptors (Lipinski definition) is 3. The number of likely N-dealkylation sites (N-methyl/N-ethyl adjacent to an activating group) is 2. The summed E-state index contributed by atoms with van der Waals surface area (Å²) >= 11 is 0. The second-order valence-corrected chi connectivity index (χ2v) is 7.81. The van der Waals surface area contributed by atoms with Gasteiger partial charge in [0.15, 0.2) is 0 Å².